The second-order valence-corrected chi connectivity index (χ2v) is 3.17. The molecule has 0 unspecified atom stereocenters. The number of aliphatic hydroxyl groups is 1. The first-order chi connectivity index (χ1) is 5.89. The second kappa shape index (κ2) is 3.17. The van der Waals surface area contributed by atoms with Crippen LogP contribution in [0.15, 0.2) is 0 Å². The number of nitrogens with zero attached hydrogens (tertiary/aromatic N) is 1. The second-order valence-electron chi connectivity index (χ2n) is 3.17. The number of piperidine rings is 1. The first kappa shape index (κ1) is 10.3. The van der Waals surface area contributed by atoms with Crippen LogP contribution in [-0.4, -0.2) is 41.3 Å². The van der Waals surface area contributed by atoms with E-state index in [0.717, 1.165) is 0 Å². The molecule has 0 spiro atoms. The van der Waals surface area contributed by atoms with Crippen molar-refractivity contribution >= 4 is 6.41 Å². The maximum Gasteiger partial charge on any atom is 0.417 e. The number of carbonyl (C=O) groups excluding carboxylic acids is 1. The maximum absolute atomic E-state index is 12.2. The van der Waals surface area contributed by atoms with E-state index < -0.39 is 24.6 Å². The minimum Gasteiger partial charge on any atom is -0.380 e. The van der Waals surface area contributed by atoms with E-state index in [0.29, 0.717) is 6.41 Å². The van der Waals surface area contributed by atoms with Gasteiger partial charge in [0, 0.05) is 25.9 Å². The van der Waals surface area contributed by atoms with Gasteiger partial charge < -0.3 is 10.0 Å². The molecule has 0 aliphatic carbocycles. The number of hydrogen-bond acceptors (Lipinski definition) is 2. The molecule has 13 heavy (non-hydrogen) atoms. The van der Waals surface area contributed by atoms with Crippen molar-refractivity contribution in [1.82, 2.24) is 4.90 Å². The molecule has 0 aromatic rings. The van der Waals surface area contributed by atoms with Gasteiger partial charge in [-0.05, 0) is 0 Å². The molecule has 0 atom stereocenters. The third-order valence-electron chi connectivity index (χ3n) is 2.30. The molecule has 1 heterocycles. The lowest BCUT2D eigenvalue weighted by molar-refractivity contribution is -0.271. The molecule has 1 aliphatic heterocycles. The summed E-state index contributed by atoms with van der Waals surface area (Å²) < 4.78 is 36.6. The topological polar surface area (TPSA) is 40.5 Å². The average molecular weight is 197 g/mol. The molecule has 1 N–H and O–H groups in total. The summed E-state index contributed by atoms with van der Waals surface area (Å²) in [6.07, 6.45) is -4.97. The summed E-state index contributed by atoms with van der Waals surface area (Å²) in [6.45, 7) is -0.0843. The van der Waals surface area contributed by atoms with Crippen molar-refractivity contribution in [2.45, 2.75) is 24.6 Å². The minimum atomic E-state index is -4.60. The minimum absolute atomic E-state index is 0.0422. The molecule has 0 aromatic carbocycles. The van der Waals surface area contributed by atoms with E-state index in [1.54, 1.807) is 0 Å². The zero-order chi connectivity index (χ0) is 10.1. The van der Waals surface area contributed by atoms with E-state index in [9.17, 15) is 18.0 Å². The lowest BCUT2D eigenvalue weighted by atomic mass is 9.91. The summed E-state index contributed by atoms with van der Waals surface area (Å²) in [4.78, 5) is 11.4. The molecule has 1 rings (SSSR count). The van der Waals surface area contributed by atoms with Crippen molar-refractivity contribution in [1.29, 1.82) is 0 Å². The van der Waals surface area contributed by atoms with Gasteiger partial charge in [-0.15, -0.1) is 0 Å². The van der Waals surface area contributed by atoms with Crippen LogP contribution in [0.2, 0.25) is 0 Å². The smallest absolute Gasteiger partial charge is 0.380 e. The largest absolute Gasteiger partial charge is 0.417 e. The van der Waals surface area contributed by atoms with Crippen molar-refractivity contribution in [2.75, 3.05) is 13.1 Å². The van der Waals surface area contributed by atoms with Gasteiger partial charge in [0.25, 0.3) is 0 Å². The summed E-state index contributed by atoms with van der Waals surface area (Å²) in [6, 6.07) is 0. The van der Waals surface area contributed by atoms with Crippen molar-refractivity contribution in [3.63, 3.8) is 0 Å². The van der Waals surface area contributed by atoms with E-state index >= 15 is 0 Å². The van der Waals surface area contributed by atoms with Gasteiger partial charge in [-0.25, -0.2) is 0 Å². The van der Waals surface area contributed by atoms with Gasteiger partial charge in [0.1, 0.15) is 0 Å². The molecule has 6 heteroatoms. The Bertz CT molecular complexity index is 196. The Hall–Kier alpha value is -0.780. The Kier molecular flexibility index (Phi) is 2.51. The number of amides is 1. The fraction of sp³-hybridized carbons (Fsp3) is 0.857. The number of likely N-dealkylation sites (tertiary alicyclic amines) is 1. The number of rotatable bonds is 1. The molecule has 1 fully saturated rings. The highest BCUT2D eigenvalue weighted by molar-refractivity contribution is 5.47. The Morgan fingerprint density at radius 3 is 2.08 bits per heavy atom. The summed E-state index contributed by atoms with van der Waals surface area (Å²) in [7, 11) is 0. The van der Waals surface area contributed by atoms with Gasteiger partial charge >= 0.3 is 6.18 Å². The van der Waals surface area contributed by atoms with Gasteiger partial charge in [0.15, 0.2) is 5.60 Å². The summed E-state index contributed by atoms with van der Waals surface area (Å²) in [5, 5.41) is 9.15. The highest BCUT2D eigenvalue weighted by atomic mass is 19.4. The monoisotopic (exact) mass is 197 g/mol. The molecule has 76 valence electrons. The number of hydrogen-bond donors (Lipinski definition) is 1. The SMILES string of the molecule is O=CN1CCC(O)(C(F)(F)F)CC1. The normalized spacial score (nSPS) is 22.9. The molecular weight excluding hydrogens is 187 g/mol. The lowest BCUT2D eigenvalue weighted by Crippen LogP contribution is -2.52. The Morgan fingerprint density at radius 1 is 1.31 bits per heavy atom. The Balaban J connectivity index is 2.61. The summed E-state index contributed by atoms with van der Waals surface area (Å²) in [5.74, 6) is 0. The Labute approximate surface area is 73.1 Å². The van der Waals surface area contributed by atoms with Gasteiger partial charge in [-0.3, -0.25) is 4.79 Å². The van der Waals surface area contributed by atoms with Crippen LogP contribution in [0.25, 0.3) is 0 Å². The molecule has 0 radical (unpaired) electrons. The average Bonchev–Trinajstić information content (AvgIpc) is 2.04. The van der Waals surface area contributed by atoms with Crippen LogP contribution in [0, 0.1) is 0 Å². The number of alkyl halides is 3. The van der Waals surface area contributed by atoms with Gasteiger partial charge in [-0.1, -0.05) is 0 Å². The number of carbonyl (C=O) groups is 1. The quantitative estimate of drug-likeness (QED) is 0.623. The van der Waals surface area contributed by atoms with Crippen LogP contribution in [0.1, 0.15) is 12.8 Å². The van der Waals surface area contributed by atoms with E-state index in [-0.39, 0.29) is 13.1 Å². The Morgan fingerprint density at radius 2 is 1.77 bits per heavy atom. The van der Waals surface area contributed by atoms with E-state index in [1.807, 2.05) is 0 Å². The fourth-order valence-electron chi connectivity index (χ4n) is 1.28. The van der Waals surface area contributed by atoms with Crippen LogP contribution in [0.4, 0.5) is 13.2 Å². The van der Waals surface area contributed by atoms with Crippen molar-refractivity contribution in [2.24, 2.45) is 0 Å². The van der Waals surface area contributed by atoms with Crippen molar-refractivity contribution in [3.8, 4) is 0 Å². The zero-order valence-electron chi connectivity index (χ0n) is 6.84. The van der Waals surface area contributed by atoms with Gasteiger partial charge in [-0.2, -0.15) is 13.2 Å². The fourth-order valence-corrected chi connectivity index (χ4v) is 1.28. The van der Waals surface area contributed by atoms with Crippen LogP contribution < -0.4 is 0 Å². The molecular formula is C7H10F3NO2. The van der Waals surface area contributed by atoms with Crippen LogP contribution in [-0.2, 0) is 4.79 Å². The van der Waals surface area contributed by atoms with E-state index in [2.05, 4.69) is 0 Å². The van der Waals surface area contributed by atoms with E-state index in [4.69, 9.17) is 5.11 Å². The van der Waals surface area contributed by atoms with E-state index in [1.165, 1.54) is 4.90 Å². The third kappa shape index (κ3) is 1.93. The maximum atomic E-state index is 12.2. The highest BCUT2D eigenvalue weighted by Crippen LogP contribution is 2.37. The third-order valence-corrected chi connectivity index (χ3v) is 2.30. The van der Waals surface area contributed by atoms with Crippen molar-refractivity contribution < 1.29 is 23.1 Å². The molecule has 0 saturated carbocycles. The first-order valence-corrected chi connectivity index (χ1v) is 3.87. The lowest BCUT2D eigenvalue weighted by Gasteiger charge is -2.37. The predicted molar refractivity (Wildman–Crippen MR) is 37.9 cm³/mol. The van der Waals surface area contributed by atoms with Gasteiger partial charge in [0.2, 0.25) is 6.41 Å². The molecule has 0 bridgehead atoms. The summed E-state index contributed by atoms with van der Waals surface area (Å²) >= 11 is 0. The molecule has 0 aromatic heterocycles. The molecule has 1 amide bonds. The van der Waals surface area contributed by atoms with Crippen LogP contribution in [0.3, 0.4) is 0 Å². The predicted octanol–water partition coefficient (Wildman–Crippen LogP) is 0.532. The van der Waals surface area contributed by atoms with Crippen molar-refractivity contribution in [3.05, 3.63) is 0 Å². The molecule has 1 saturated heterocycles. The van der Waals surface area contributed by atoms with Crippen LogP contribution >= 0.6 is 0 Å². The summed E-state index contributed by atoms with van der Waals surface area (Å²) in [5.41, 5.74) is -2.60. The zero-order valence-corrected chi connectivity index (χ0v) is 6.84. The highest BCUT2D eigenvalue weighted by Gasteiger charge is 2.54. The number of halogens is 3. The molecule has 3 nitrogen and oxygen atoms in total. The first-order valence-electron chi connectivity index (χ1n) is 3.87. The molecule has 1 aliphatic rings. The standard InChI is InChI=1S/C7H10F3NO2/c8-7(9,10)6(13)1-3-11(5-12)4-2-6/h5,13H,1-4H2. The van der Waals surface area contributed by atoms with Gasteiger partial charge in [0.05, 0.1) is 0 Å². The van der Waals surface area contributed by atoms with Crippen LogP contribution in [0.5, 0.6) is 0 Å².